The number of piperidine rings is 1. The van der Waals surface area contributed by atoms with E-state index in [1.54, 1.807) is 0 Å². The van der Waals surface area contributed by atoms with Gasteiger partial charge in [0.15, 0.2) is 0 Å². The first-order valence-corrected chi connectivity index (χ1v) is 5.10. The van der Waals surface area contributed by atoms with Gasteiger partial charge in [-0.05, 0) is 38.8 Å². The van der Waals surface area contributed by atoms with Crippen molar-refractivity contribution in [3.63, 3.8) is 0 Å². The van der Waals surface area contributed by atoms with E-state index in [-0.39, 0.29) is 0 Å². The monoisotopic (exact) mass is 171 g/mol. The molecule has 1 fully saturated rings. The summed E-state index contributed by atoms with van der Waals surface area (Å²) in [6.07, 6.45) is 5.04. The fourth-order valence-electron chi connectivity index (χ4n) is 2.22. The van der Waals surface area contributed by atoms with Crippen molar-refractivity contribution >= 4 is 0 Å². The van der Waals surface area contributed by atoms with Crippen LogP contribution in [0.3, 0.4) is 0 Å². The molecule has 2 nitrogen and oxygen atoms in total. The molecule has 0 aromatic rings. The van der Waals surface area contributed by atoms with Crippen molar-refractivity contribution in [2.75, 3.05) is 20.2 Å². The Balaban J connectivity index is 2.45. The fraction of sp³-hybridized carbons (Fsp3) is 1.00. The molecule has 0 bridgehead atoms. The van der Waals surface area contributed by atoms with Gasteiger partial charge in [0.1, 0.15) is 0 Å². The minimum absolute atomic E-state index is 0.353. The Hall–Kier alpha value is -0.0800. The summed E-state index contributed by atoms with van der Waals surface area (Å²) in [5, 5.41) is 9.17. The number of rotatable bonds is 3. The molecule has 0 amide bonds. The Kier molecular flexibility index (Phi) is 4.02. The largest absolute Gasteiger partial charge is 0.396 e. The van der Waals surface area contributed by atoms with Crippen LogP contribution in [-0.4, -0.2) is 36.2 Å². The van der Waals surface area contributed by atoms with Gasteiger partial charge in [0.05, 0.1) is 0 Å². The van der Waals surface area contributed by atoms with E-state index < -0.39 is 0 Å². The van der Waals surface area contributed by atoms with Gasteiger partial charge < -0.3 is 10.0 Å². The molecule has 0 aromatic carbocycles. The maximum Gasteiger partial charge on any atom is 0.0474 e. The van der Waals surface area contributed by atoms with Crippen molar-refractivity contribution in [3.05, 3.63) is 0 Å². The molecule has 72 valence electrons. The summed E-state index contributed by atoms with van der Waals surface area (Å²) >= 11 is 0. The molecule has 0 saturated carbocycles. The van der Waals surface area contributed by atoms with E-state index in [2.05, 4.69) is 18.9 Å². The van der Waals surface area contributed by atoms with Crippen LogP contribution in [0.2, 0.25) is 0 Å². The Labute approximate surface area is 75.6 Å². The number of hydrogen-bond acceptors (Lipinski definition) is 2. The van der Waals surface area contributed by atoms with Crippen LogP contribution < -0.4 is 0 Å². The first-order valence-electron chi connectivity index (χ1n) is 5.10. The number of nitrogens with zero attached hydrogens (tertiary/aromatic N) is 1. The Bertz CT molecular complexity index is 123. The van der Waals surface area contributed by atoms with Gasteiger partial charge >= 0.3 is 0 Å². The van der Waals surface area contributed by atoms with Crippen molar-refractivity contribution in [2.24, 2.45) is 5.92 Å². The minimum atomic E-state index is 0.353. The second-order valence-electron chi connectivity index (χ2n) is 3.89. The molecular formula is C10H21NO. The Morgan fingerprint density at radius 1 is 1.50 bits per heavy atom. The highest BCUT2D eigenvalue weighted by atomic mass is 16.3. The summed E-state index contributed by atoms with van der Waals surface area (Å²) in [5.74, 6) is 0.496. The third-order valence-electron chi connectivity index (χ3n) is 3.13. The SMILES string of the molecule is CCC(CO)C1CCCCN1C. The zero-order valence-electron chi connectivity index (χ0n) is 8.29. The second-order valence-corrected chi connectivity index (χ2v) is 3.89. The summed E-state index contributed by atoms with van der Waals surface area (Å²) in [7, 11) is 2.18. The summed E-state index contributed by atoms with van der Waals surface area (Å²) in [6.45, 7) is 3.73. The van der Waals surface area contributed by atoms with Crippen molar-refractivity contribution in [1.82, 2.24) is 4.90 Å². The van der Waals surface area contributed by atoms with Crippen molar-refractivity contribution in [3.8, 4) is 0 Å². The third kappa shape index (κ3) is 2.20. The molecule has 0 spiro atoms. The van der Waals surface area contributed by atoms with Crippen molar-refractivity contribution in [2.45, 2.75) is 38.6 Å². The standard InChI is InChI=1S/C10H21NO/c1-3-9(8-12)10-6-4-5-7-11(10)2/h9-10,12H,3-8H2,1-2H3. The van der Waals surface area contributed by atoms with E-state index in [9.17, 15) is 0 Å². The summed E-state index contributed by atoms with van der Waals surface area (Å²) in [5.41, 5.74) is 0. The number of hydrogen-bond donors (Lipinski definition) is 1. The highest BCUT2D eigenvalue weighted by Crippen LogP contribution is 2.23. The zero-order chi connectivity index (χ0) is 8.97. The van der Waals surface area contributed by atoms with Gasteiger partial charge in [-0.2, -0.15) is 0 Å². The van der Waals surface area contributed by atoms with Gasteiger partial charge in [0.2, 0.25) is 0 Å². The van der Waals surface area contributed by atoms with Gasteiger partial charge in [-0.1, -0.05) is 13.3 Å². The van der Waals surface area contributed by atoms with Crippen LogP contribution in [0.4, 0.5) is 0 Å². The van der Waals surface area contributed by atoms with E-state index in [4.69, 9.17) is 5.11 Å². The van der Waals surface area contributed by atoms with Crippen molar-refractivity contribution in [1.29, 1.82) is 0 Å². The highest BCUT2D eigenvalue weighted by molar-refractivity contribution is 4.79. The lowest BCUT2D eigenvalue weighted by Crippen LogP contribution is -2.42. The molecule has 1 N–H and O–H groups in total. The molecule has 1 saturated heterocycles. The van der Waals surface area contributed by atoms with Gasteiger partial charge in [0.25, 0.3) is 0 Å². The van der Waals surface area contributed by atoms with Gasteiger partial charge in [0, 0.05) is 12.6 Å². The normalized spacial score (nSPS) is 28.8. The van der Waals surface area contributed by atoms with E-state index in [1.165, 1.54) is 25.8 Å². The minimum Gasteiger partial charge on any atom is -0.396 e. The van der Waals surface area contributed by atoms with Crippen LogP contribution in [0.25, 0.3) is 0 Å². The Morgan fingerprint density at radius 3 is 2.75 bits per heavy atom. The molecule has 2 heteroatoms. The summed E-state index contributed by atoms with van der Waals surface area (Å²) < 4.78 is 0. The molecule has 1 rings (SSSR count). The van der Waals surface area contributed by atoms with Crippen LogP contribution in [0.15, 0.2) is 0 Å². The van der Waals surface area contributed by atoms with E-state index >= 15 is 0 Å². The van der Waals surface area contributed by atoms with E-state index in [1.807, 2.05) is 0 Å². The third-order valence-corrected chi connectivity index (χ3v) is 3.13. The van der Waals surface area contributed by atoms with E-state index in [0.29, 0.717) is 18.6 Å². The predicted octanol–water partition coefficient (Wildman–Crippen LogP) is 1.49. The highest BCUT2D eigenvalue weighted by Gasteiger charge is 2.25. The molecule has 0 radical (unpaired) electrons. The average molecular weight is 171 g/mol. The molecule has 0 aromatic heterocycles. The maximum atomic E-state index is 9.17. The first-order chi connectivity index (χ1) is 5.79. The van der Waals surface area contributed by atoms with Crippen LogP contribution in [0.5, 0.6) is 0 Å². The average Bonchev–Trinajstić information content (AvgIpc) is 2.10. The molecular weight excluding hydrogens is 150 g/mol. The quantitative estimate of drug-likeness (QED) is 0.695. The number of likely N-dealkylation sites (tertiary alicyclic amines) is 1. The molecule has 2 unspecified atom stereocenters. The molecule has 1 aliphatic rings. The molecule has 2 atom stereocenters. The predicted molar refractivity (Wildman–Crippen MR) is 51.1 cm³/mol. The molecule has 1 heterocycles. The van der Waals surface area contributed by atoms with Gasteiger partial charge in [-0.3, -0.25) is 0 Å². The van der Waals surface area contributed by atoms with Crippen LogP contribution in [0, 0.1) is 5.92 Å². The number of aliphatic hydroxyl groups is 1. The van der Waals surface area contributed by atoms with Crippen molar-refractivity contribution < 1.29 is 5.11 Å². The summed E-state index contributed by atoms with van der Waals surface area (Å²) in [4.78, 5) is 2.41. The van der Waals surface area contributed by atoms with Crippen LogP contribution in [-0.2, 0) is 0 Å². The Morgan fingerprint density at radius 2 is 2.25 bits per heavy atom. The molecule has 1 aliphatic heterocycles. The second kappa shape index (κ2) is 4.83. The zero-order valence-corrected chi connectivity index (χ0v) is 8.29. The van der Waals surface area contributed by atoms with Gasteiger partial charge in [-0.25, -0.2) is 0 Å². The summed E-state index contributed by atoms with van der Waals surface area (Å²) in [6, 6.07) is 0.633. The lowest BCUT2D eigenvalue weighted by atomic mass is 9.89. The molecule has 12 heavy (non-hydrogen) atoms. The van der Waals surface area contributed by atoms with E-state index in [0.717, 1.165) is 6.42 Å². The smallest absolute Gasteiger partial charge is 0.0474 e. The molecule has 0 aliphatic carbocycles. The lowest BCUT2D eigenvalue weighted by Gasteiger charge is -2.37. The fourth-order valence-corrected chi connectivity index (χ4v) is 2.22. The van der Waals surface area contributed by atoms with Crippen LogP contribution in [0.1, 0.15) is 32.6 Å². The lowest BCUT2D eigenvalue weighted by molar-refractivity contribution is 0.0851. The van der Waals surface area contributed by atoms with Gasteiger partial charge in [-0.15, -0.1) is 0 Å². The maximum absolute atomic E-state index is 9.17. The topological polar surface area (TPSA) is 23.5 Å². The number of aliphatic hydroxyl groups excluding tert-OH is 1. The van der Waals surface area contributed by atoms with Crippen LogP contribution >= 0.6 is 0 Å². The first kappa shape index (κ1) is 10.0.